The topological polar surface area (TPSA) is 35.2 Å². The highest BCUT2D eigenvalue weighted by molar-refractivity contribution is 5.40. The molecule has 0 heterocycles. The lowest BCUT2D eigenvalue weighted by atomic mass is 9.88. The molecule has 0 radical (unpaired) electrons. The second-order valence-electron chi connectivity index (χ2n) is 4.99. The van der Waals surface area contributed by atoms with Gasteiger partial charge >= 0.3 is 0 Å². The van der Waals surface area contributed by atoms with Crippen LogP contribution in [0.1, 0.15) is 63.0 Å². The van der Waals surface area contributed by atoms with Crippen molar-refractivity contribution in [1.29, 1.82) is 0 Å². The first kappa shape index (κ1) is 15.0. The minimum atomic E-state index is 0.458. The predicted molar refractivity (Wildman–Crippen MR) is 78.4 cm³/mol. The molecule has 0 amide bonds. The first-order chi connectivity index (χ1) is 8.67. The van der Waals surface area contributed by atoms with Gasteiger partial charge in [-0.1, -0.05) is 32.9 Å². The summed E-state index contributed by atoms with van der Waals surface area (Å²) in [4.78, 5) is 0. The Balaban J connectivity index is 3.08. The van der Waals surface area contributed by atoms with Crippen molar-refractivity contribution in [2.75, 3.05) is 13.7 Å². The van der Waals surface area contributed by atoms with Crippen molar-refractivity contribution in [3.8, 4) is 5.75 Å². The van der Waals surface area contributed by atoms with Crippen LogP contribution in [0.3, 0.4) is 0 Å². The van der Waals surface area contributed by atoms with Crippen LogP contribution in [0.4, 0.5) is 0 Å². The minimum Gasteiger partial charge on any atom is -0.496 e. The van der Waals surface area contributed by atoms with Crippen LogP contribution in [0.15, 0.2) is 18.2 Å². The van der Waals surface area contributed by atoms with Gasteiger partial charge in [-0.15, -0.1) is 0 Å². The molecule has 0 spiro atoms. The van der Waals surface area contributed by atoms with Crippen LogP contribution in [0.5, 0.6) is 5.75 Å². The normalized spacial score (nSPS) is 12.8. The van der Waals surface area contributed by atoms with Crippen LogP contribution in [-0.2, 0) is 0 Å². The Morgan fingerprint density at radius 2 is 1.89 bits per heavy atom. The average Bonchev–Trinajstić information content (AvgIpc) is 2.40. The second kappa shape index (κ2) is 7.42. The summed E-state index contributed by atoms with van der Waals surface area (Å²) in [5.74, 6) is 2.10. The van der Waals surface area contributed by atoms with Gasteiger partial charge in [0.1, 0.15) is 5.75 Å². The molecule has 0 bridgehead atoms. The van der Waals surface area contributed by atoms with E-state index in [2.05, 4.69) is 39.0 Å². The first-order valence-corrected chi connectivity index (χ1v) is 7.05. The molecular weight excluding hydrogens is 222 g/mol. The molecule has 18 heavy (non-hydrogen) atoms. The zero-order valence-corrected chi connectivity index (χ0v) is 12.2. The van der Waals surface area contributed by atoms with E-state index in [0.29, 0.717) is 11.8 Å². The van der Waals surface area contributed by atoms with Crippen molar-refractivity contribution >= 4 is 0 Å². The Morgan fingerprint density at radius 1 is 1.22 bits per heavy atom. The van der Waals surface area contributed by atoms with Crippen LogP contribution in [0.2, 0.25) is 0 Å². The van der Waals surface area contributed by atoms with E-state index in [-0.39, 0.29) is 0 Å². The van der Waals surface area contributed by atoms with Crippen molar-refractivity contribution < 1.29 is 4.74 Å². The van der Waals surface area contributed by atoms with Crippen molar-refractivity contribution in [3.63, 3.8) is 0 Å². The Labute approximate surface area is 112 Å². The molecule has 0 aliphatic heterocycles. The van der Waals surface area contributed by atoms with Gasteiger partial charge < -0.3 is 10.5 Å². The molecule has 0 saturated carbocycles. The predicted octanol–water partition coefficient (Wildman–Crippen LogP) is 4.05. The highest BCUT2D eigenvalue weighted by atomic mass is 16.5. The van der Waals surface area contributed by atoms with Crippen LogP contribution < -0.4 is 10.5 Å². The Morgan fingerprint density at radius 3 is 2.39 bits per heavy atom. The summed E-state index contributed by atoms with van der Waals surface area (Å²) in [7, 11) is 1.74. The molecule has 1 aromatic rings. The third-order valence-corrected chi connectivity index (χ3v) is 3.84. The van der Waals surface area contributed by atoms with Crippen molar-refractivity contribution in [3.05, 3.63) is 29.3 Å². The number of benzene rings is 1. The summed E-state index contributed by atoms with van der Waals surface area (Å²) in [6, 6.07) is 6.63. The van der Waals surface area contributed by atoms with E-state index in [9.17, 15) is 0 Å². The molecular formula is C16H27NO. The van der Waals surface area contributed by atoms with Crippen molar-refractivity contribution in [2.24, 2.45) is 5.73 Å². The summed E-state index contributed by atoms with van der Waals surface area (Å²) < 4.78 is 5.47. The van der Waals surface area contributed by atoms with Gasteiger partial charge in [0.05, 0.1) is 7.11 Å². The Bertz CT molecular complexity index is 358. The lowest BCUT2D eigenvalue weighted by Gasteiger charge is -2.19. The van der Waals surface area contributed by atoms with Crippen LogP contribution in [-0.4, -0.2) is 13.7 Å². The molecule has 102 valence electrons. The fourth-order valence-corrected chi connectivity index (χ4v) is 2.56. The van der Waals surface area contributed by atoms with E-state index in [4.69, 9.17) is 10.5 Å². The largest absolute Gasteiger partial charge is 0.496 e. The van der Waals surface area contributed by atoms with Crippen molar-refractivity contribution in [1.82, 2.24) is 0 Å². The summed E-state index contributed by atoms with van der Waals surface area (Å²) in [5, 5.41) is 0. The van der Waals surface area contributed by atoms with E-state index in [1.807, 2.05) is 0 Å². The molecule has 2 heteroatoms. The molecule has 0 aromatic heterocycles. The highest BCUT2D eigenvalue weighted by Gasteiger charge is 2.14. The number of rotatable bonds is 7. The van der Waals surface area contributed by atoms with E-state index < -0.39 is 0 Å². The highest BCUT2D eigenvalue weighted by Crippen LogP contribution is 2.33. The van der Waals surface area contributed by atoms with Gasteiger partial charge in [-0.25, -0.2) is 0 Å². The smallest absolute Gasteiger partial charge is 0.122 e. The molecule has 1 rings (SSSR count). The maximum Gasteiger partial charge on any atom is 0.122 e. The van der Waals surface area contributed by atoms with Crippen molar-refractivity contribution in [2.45, 2.75) is 51.9 Å². The molecule has 1 aromatic carbocycles. The van der Waals surface area contributed by atoms with E-state index in [1.165, 1.54) is 24.0 Å². The maximum absolute atomic E-state index is 5.67. The van der Waals surface area contributed by atoms with Gasteiger partial charge in [-0.05, 0) is 54.8 Å². The summed E-state index contributed by atoms with van der Waals surface area (Å²) >= 11 is 0. The van der Waals surface area contributed by atoms with Gasteiger partial charge in [0.25, 0.3) is 0 Å². The van der Waals surface area contributed by atoms with Crippen LogP contribution >= 0.6 is 0 Å². The van der Waals surface area contributed by atoms with E-state index in [1.54, 1.807) is 7.11 Å². The molecule has 0 aliphatic carbocycles. The van der Waals surface area contributed by atoms with Gasteiger partial charge in [0.15, 0.2) is 0 Å². The molecule has 2 nitrogen and oxygen atoms in total. The SMILES string of the molecule is CCC(CC)c1ccc(OC)c(C(C)CCN)c1. The van der Waals surface area contributed by atoms with Gasteiger partial charge in [0.2, 0.25) is 0 Å². The fourth-order valence-electron chi connectivity index (χ4n) is 2.56. The number of nitrogens with two attached hydrogens (primary N) is 1. The summed E-state index contributed by atoms with van der Waals surface area (Å²) in [5.41, 5.74) is 8.40. The fraction of sp³-hybridized carbons (Fsp3) is 0.625. The molecule has 0 saturated heterocycles. The Kier molecular flexibility index (Phi) is 6.20. The second-order valence-corrected chi connectivity index (χ2v) is 4.99. The average molecular weight is 249 g/mol. The zero-order chi connectivity index (χ0) is 13.5. The van der Waals surface area contributed by atoms with Crippen LogP contribution in [0, 0.1) is 0 Å². The summed E-state index contributed by atoms with van der Waals surface area (Å²) in [6.07, 6.45) is 3.38. The Hall–Kier alpha value is -1.02. The van der Waals surface area contributed by atoms with E-state index >= 15 is 0 Å². The van der Waals surface area contributed by atoms with Gasteiger partial charge in [-0.3, -0.25) is 0 Å². The molecule has 1 unspecified atom stereocenters. The number of ether oxygens (including phenoxy) is 1. The lowest BCUT2D eigenvalue weighted by molar-refractivity contribution is 0.405. The minimum absolute atomic E-state index is 0.458. The zero-order valence-electron chi connectivity index (χ0n) is 12.2. The molecule has 2 N–H and O–H groups in total. The lowest BCUT2D eigenvalue weighted by Crippen LogP contribution is -2.07. The number of methoxy groups -OCH3 is 1. The standard InChI is InChI=1S/C16H27NO/c1-5-13(6-2)14-7-8-16(18-4)15(11-14)12(3)9-10-17/h7-8,11-13H,5-6,9-10,17H2,1-4H3. The third kappa shape index (κ3) is 3.49. The molecule has 1 atom stereocenters. The maximum atomic E-state index is 5.67. The number of hydrogen-bond donors (Lipinski definition) is 1. The molecule has 0 aliphatic rings. The monoisotopic (exact) mass is 249 g/mol. The summed E-state index contributed by atoms with van der Waals surface area (Å²) in [6.45, 7) is 7.45. The van der Waals surface area contributed by atoms with Gasteiger partial charge in [-0.2, -0.15) is 0 Å². The molecule has 0 fully saturated rings. The first-order valence-electron chi connectivity index (χ1n) is 7.05. The third-order valence-electron chi connectivity index (χ3n) is 3.84. The number of hydrogen-bond acceptors (Lipinski definition) is 2. The van der Waals surface area contributed by atoms with E-state index in [0.717, 1.165) is 18.7 Å². The van der Waals surface area contributed by atoms with Crippen LogP contribution in [0.25, 0.3) is 0 Å². The quantitative estimate of drug-likeness (QED) is 0.791. The van der Waals surface area contributed by atoms with Gasteiger partial charge in [0, 0.05) is 0 Å².